The highest BCUT2D eigenvalue weighted by molar-refractivity contribution is 9.10. The molecule has 0 aliphatic heterocycles. The number of hydroxylamine groups is 1. The lowest BCUT2D eigenvalue weighted by molar-refractivity contribution is -0.0125. The van der Waals surface area contributed by atoms with Crippen LogP contribution >= 0.6 is 15.9 Å². The minimum atomic E-state index is -0.165. The third kappa shape index (κ3) is 3.30. The van der Waals surface area contributed by atoms with Gasteiger partial charge in [0.25, 0.3) is 5.91 Å². The Morgan fingerprint density at radius 2 is 2.12 bits per heavy atom. The standard InChI is InChI=1S/C13H16BrNO2/c1-9-8-10(14)6-7-12(9)13(16)15-17-11-4-2-3-5-11/h6-8,11H,2-5H2,1H3,(H,15,16). The molecule has 0 heterocycles. The summed E-state index contributed by atoms with van der Waals surface area (Å²) in [5.41, 5.74) is 4.14. The van der Waals surface area contributed by atoms with E-state index in [0.717, 1.165) is 22.9 Å². The summed E-state index contributed by atoms with van der Waals surface area (Å²) in [7, 11) is 0. The highest BCUT2D eigenvalue weighted by atomic mass is 79.9. The molecule has 0 saturated heterocycles. The zero-order valence-corrected chi connectivity index (χ0v) is 11.4. The Hall–Kier alpha value is -0.870. The zero-order chi connectivity index (χ0) is 12.3. The second kappa shape index (κ2) is 5.65. The maximum absolute atomic E-state index is 11.9. The summed E-state index contributed by atoms with van der Waals surface area (Å²) in [6, 6.07) is 5.58. The van der Waals surface area contributed by atoms with E-state index in [0.29, 0.717) is 5.56 Å². The minimum absolute atomic E-state index is 0.165. The number of nitrogens with one attached hydrogen (secondary N) is 1. The van der Waals surface area contributed by atoms with Crippen LogP contribution in [0.3, 0.4) is 0 Å². The van der Waals surface area contributed by atoms with Gasteiger partial charge in [0.15, 0.2) is 0 Å². The first-order chi connectivity index (χ1) is 8.16. The fourth-order valence-corrected chi connectivity index (χ4v) is 2.56. The van der Waals surface area contributed by atoms with Crippen molar-refractivity contribution in [3.05, 3.63) is 33.8 Å². The first-order valence-corrected chi connectivity index (χ1v) is 6.68. The van der Waals surface area contributed by atoms with Gasteiger partial charge in [0.1, 0.15) is 0 Å². The van der Waals surface area contributed by atoms with Gasteiger partial charge in [-0.2, -0.15) is 0 Å². The molecule has 1 aliphatic rings. The molecular weight excluding hydrogens is 282 g/mol. The summed E-state index contributed by atoms with van der Waals surface area (Å²) in [4.78, 5) is 17.3. The molecule has 1 fully saturated rings. The average Bonchev–Trinajstić information content (AvgIpc) is 2.78. The molecule has 0 aromatic heterocycles. The second-order valence-corrected chi connectivity index (χ2v) is 5.33. The van der Waals surface area contributed by atoms with E-state index in [1.807, 2.05) is 19.1 Å². The molecule has 0 atom stereocenters. The molecule has 17 heavy (non-hydrogen) atoms. The third-order valence-corrected chi connectivity index (χ3v) is 3.55. The molecular formula is C13H16BrNO2. The van der Waals surface area contributed by atoms with Gasteiger partial charge in [0.05, 0.1) is 6.10 Å². The Morgan fingerprint density at radius 3 is 2.76 bits per heavy atom. The summed E-state index contributed by atoms with van der Waals surface area (Å²) in [6.07, 6.45) is 4.66. The van der Waals surface area contributed by atoms with Gasteiger partial charge in [-0.05, 0) is 43.5 Å². The van der Waals surface area contributed by atoms with Crippen molar-refractivity contribution >= 4 is 21.8 Å². The number of benzene rings is 1. The van der Waals surface area contributed by atoms with E-state index in [1.165, 1.54) is 12.8 Å². The van der Waals surface area contributed by atoms with Crippen LogP contribution in [-0.4, -0.2) is 12.0 Å². The number of carbonyl (C=O) groups excluding carboxylic acids is 1. The monoisotopic (exact) mass is 297 g/mol. The topological polar surface area (TPSA) is 38.3 Å². The molecule has 1 amide bonds. The predicted molar refractivity (Wildman–Crippen MR) is 69.7 cm³/mol. The second-order valence-electron chi connectivity index (χ2n) is 4.41. The van der Waals surface area contributed by atoms with Gasteiger partial charge in [-0.25, -0.2) is 5.48 Å². The van der Waals surface area contributed by atoms with Gasteiger partial charge in [0.2, 0.25) is 0 Å². The average molecular weight is 298 g/mol. The molecule has 1 aliphatic carbocycles. The van der Waals surface area contributed by atoms with Crippen LogP contribution in [0.15, 0.2) is 22.7 Å². The lowest BCUT2D eigenvalue weighted by Crippen LogP contribution is -2.28. The van der Waals surface area contributed by atoms with Crippen molar-refractivity contribution in [3.63, 3.8) is 0 Å². The summed E-state index contributed by atoms with van der Waals surface area (Å²) in [6.45, 7) is 1.91. The number of rotatable bonds is 3. The molecule has 0 spiro atoms. The van der Waals surface area contributed by atoms with Gasteiger partial charge < -0.3 is 0 Å². The molecule has 1 N–H and O–H groups in total. The molecule has 4 heteroatoms. The Kier molecular flexibility index (Phi) is 4.18. The van der Waals surface area contributed by atoms with E-state index in [-0.39, 0.29) is 12.0 Å². The fourth-order valence-electron chi connectivity index (χ4n) is 2.08. The van der Waals surface area contributed by atoms with E-state index < -0.39 is 0 Å². The van der Waals surface area contributed by atoms with E-state index in [2.05, 4.69) is 21.4 Å². The van der Waals surface area contributed by atoms with E-state index in [4.69, 9.17) is 4.84 Å². The van der Waals surface area contributed by atoms with E-state index in [1.54, 1.807) is 6.07 Å². The van der Waals surface area contributed by atoms with Gasteiger partial charge >= 0.3 is 0 Å². The lowest BCUT2D eigenvalue weighted by atomic mass is 10.1. The zero-order valence-electron chi connectivity index (χ0n) is 9.83. The minimum Gasteiger partial charge on any atom is -0.270 e. The van der Waals surface area contributed by atoms with Gasteiger partial charge in [0, 0.05) is 10.0 Å². The Balaban J connectivity index is 1.94. The smallest absolute Gasteiger partial charge is 0.270 e. The van der Waals surface area contributed by atoms with E-state index in [9.17, 15) is 4.79 Å². The summed E-state index contributed by atoms with van der Waals surface area (Å²) < 4.78 is 0.975. The van der Waals surface area contributed by atoms with Crippen molar-refractivity contribution in [3.8, 4) is 0 Å². The van der Waals surface area contributed by atoms with Gasteiger partial charge in [-0.3, -0.25) is 9.63 Å². The number of halogens is 1. The molecule has 2 rings (SSSR count). The first-order valence-electron chi connectivity index (χ1n) is 5.89. The summed E-state index contributed by atoms with van der Waals surface area (Å²) in [5.74, 6) is -0.165. The Labute approximate surface area is 110 Å². The summed E-state index contributed by atoms with van der Waals surface area (Å²) in [5, 5.41) is 0. The van der Waals surface area contributed by atoms with Crippen LogP contribution in [0, 0.1) is 6.92 Å². The highest BCUT2D eigenvalue weighted by Gasteiger charge is 2.17. The maximum atomic E-state index is 11.9. The molecule has 1 aromatic carbocycles. The largest absolute Gasteiger partial charge is 0.275 e. The number of hydrogen-bond acceptors (Lipinski definition) is 2. The van der Waals surface area contributed by atoms with Crippen molar-refractivity contribution in [1.82, 2.24) is 5.48 Å². The van der Waals surface area contributed by atoms with Crippen molar-refractivity contribution in [1.29, 1.82) is 0 Å². The molecule has 0 unspecified atom stereocenters. The van der Waals surface area contributed by atoms with Gasteiger partial charge in [-0.1, -0.05) is 28.8 Å². The maximum Gasteiger partial charge on any atom is 0.275 e. The number of hydrogen-bond donors (Lipinski definition) is 1. The van der Waals surface area contributed by atoms with Crippen LogP contribution in [0.4, 0.5) is 0 Å². The fraction of sp³-hybridized carbons (Fsp3) is 0.462. The van der Waals surface area contributed by atoms with Gasteiger partial charge in [-0.15, -0.1) is 0 Å². The lowest BCUT2D eigenvalue weighted by Gasteiger charge is -2.12. The predicted octanol–water partition coefficient (Wildman–Crippen LogP) is 3.36. The third-order valence-electron chi connectivity index (χ3n) is 3.05. The van der Waals surface area contributed by atoms with Crippen LogP contribution in [0.25, 0.3) is 0 Å². The summed E-state index contributed by atoms with van der Waals surface area (Å²) >= 11 is 3.38. The highest BCUT2D eigenvalue weighted by Crippen LogP contribution is 2.20. The van der Waals surface area contributed by atoms with Crippen LogP contribution in [0.5, 0.6) is 0 Å². The van der Waals surface area contributed by atoms with Crippen molar-refractivity contribution in [2.75, 3.05) is 0 Å². The first kappa shape index (κ1) is 12.6. The number of aryl methyl sites for hydroxylation is 1. The van der Waals surface area contributed by atoms with Crippen LogP contribution in [0.2, 0.25) is 0 Å². The molecule has 3 nitrogen and oxygen atoms in total. The van der Waals surface area contributed by atoms with Crippen LogP contribution in [0.1, 0.15) is 41.6 Å². The number of amides is 1. The molecule has 0 radical (unpaired) electrons. The molecule has 1 saturated carbocycles. The van der Waals surface area contributed by atoms with Crippen molar-refractivity contribution < 1.29 is 9.63 Å². The molecule has 1 aromatic rings. The molecule has 92 valence electrons. The quantitative estimate of drug-likeness (QED) is 0.869. The van der Waals surface area contributed by atoms with Crippen LogP contribution < -0.4 is 5.48 Å². The van der Waals surface area contributed by atoms with Crippen molar-refractivity contribution in [2.24, 2.45) is 0 Å². The number of carbonyl (C=O) groups is 1. The molecule has 0 bridgehead atoms. The normalized spacial score (nSPS) is 16.1. The van der Waals surface area contributed by atoms with E-state index >= 15 is 0 Å². The Bertz CT molecular complexity index is 414. The van der Waals surface area contributed by atoms with Crippen molar-refractivity contribution in [2.45, 2.75) is 38.7 Å². The van der Waals surface area contributed by atoms with Crippen LogP contribution in [-0.2, 0) is 4.84 Å². The SMILES string of the molecule is Cc1cc(Br)ccc1C(=O)NOC1CCCC1. The Morgan fingerprint density at radius 1 is 1.41 bits per heavy atom.